The first-order valence-corrected chi connectivity index (χ1v) is 5.60. The van der Waals surface area contributed by atoms with Crippen LogP contribution in [-0.4, -0.2) is 23.7 Å². The second kappa shape index (κ2) is 3.25. The minimum Gasteiger partial charge on any atom is -0.292 e. The second-order valence-corrected chi connectivity index (χ2v) is 4.46. The van der Waals surface area contributed by atoms with E-state index in [9.17, 15) is 13.2 Å². The van der Waals surface area contributed by atoms with Crippen LogP contribution in [0.2, 0.25) is 0 Å². The Bertz CT molecular complexity index is 559. The molecule has 6 heteroatoms. The number of aromatic nitrogens is 1. The molecule has 0 spiro atoms. The third kappa shape index (κ3) is 1.69. The van der Waals surface area contributed by atoms with Gasteiger partial charge < -0.3 is 0 Å². The average Bonchev–Trinajstić information content (AvgIpc) is 2.17. The number of Topliss-reactive ketones (excluding diaryl/α,β-unsaturated/α-hetero) is 1. The van der Waals surface area contributed by atoms with Crippen molar-refractivity contribution in [3.8, 4) is 0 Å². The fourth-order valence-corrected chi connectivity index (χ4v) is 2.20. The van der Waals surface area contributed by atoms with E-state index in [-0.39, 0.29) is 28.4 Å². The Morgan fingerprint density at radius 3 is 2.80 bits per heavy atom. The van der Waals surface area contributed by atoms with Crippen LogP contribution in [-0.2, 0) is 10.1 Å². The quantitative estimate of drug-likeness (QED) is 0.717. The van der Waals surface area contributed by atoms with Gasteiger partial charge in [-0.05, 0) is 12.1 Å². The van der Waals surface area contributed by atoms with Crippen LogP contribution in [0.1, 0.15) is 22.5 Å². The molecular formula is C9H7NO4S. The number of rotatable bonds is 1. The molecule has 0 radical (unpaired) electrons. The van der Waals surface area contributed by atoms with Crippen LogP contribution in [0, 0.1) is 0 Å². The Morgan fingerprint density at radius 2 is 2.13 bits per heavy atom. The normalized spacial score (nSPS) is 15.8. The predicted molar refractivity (Wildman–Crippen MR) is 52.7 cm³/mol. The summed E-state index contributed by atoms with van der Waals surface area (Å²) in [6.07, 6.45) is 2.55. The number of carbonyl (C=O) groups is 1. The SMILES string of the molecule is O=C1CC=C(S(=O)(=O)O)c2cccnc21. The van der Waals surface area contributed by atoms with Crippen LogP contribution in [0.3, 0.4) is 0 Å². The van der Waals surface area contributed by atoms with Gasteiger partial charge in [-0.1, -0.05) is 6.08 Å². The smallest absolute Gasteiger partial charge is 0.292 e. The molecule has 0 amide bonds. The Balaban J connectivity index is 2.70. The van der Waals surface area contributed by atoms with Gasteiger partial charge in [-0.3, -0.25) is 14.3 Å². The summed E-state index contributed by atoms with van der Waals surface area (Å²) >= 11 is 0. The van der Waals surface area contributed by atoms with Gasteiger partial charge in [-0.15, -0.1) is 0 Å². The van der Waals surface area contributed by atoms with Gasteiger partial charge in [0.15, 0.2) is 5.78 Å². The number of hydrogen-bond donors (Lipinski definition) is 1. The van der Waals surface area contributed by atoms with E-state index in [0.29, 0.717) is 0 Å². The largest absolute Gasteiger partial charge is 0.294 e. The van der Waals surface area contributed by atoms with Crippen LogP contribution in [0.4, 0.5) is 0 Å². The van der Waals surface area contributed by atoms with Gasteiger partial charge in [0.05, 0.1) is 4.91 Å². The summed E-state index contributed by atoms with van der Waals surface area (Å²) in [5, 5.41) is 0. The maximum absolute atomic E-state index is 11.4. The Kier molecular flexibility index (Phi) is 2.17. The maximum atomic E-state index is 11.4. The van der Waals surface area contributed by atoms with E-state index in [4.69, 9.17) is 4.55 Å². The van der Waals surface area contributed by atoms with Crippen LogP contribution in [0.25, 0.3) is 4.91 Å². The number of ketones is 1. The van der Waals surface area contributed by atoms with E-state index < -0.39 is 10.1 Å². The number of pyridine rings is 1. The van der Waals surface area contributed by atoms with Crippen molar-refractivity contribution in [3.63, 3.8) is 0 Å². The van der Waals surface area contributed by atoms with E-state index in [1.54, 1.807) is 0 Å². The number of allylic oxidation sites excluding steroid dienone is 1. The first-order chi connectivity index (χ1) is 7.00. The molecule has 15 heavy (non-hydrogen) atoms. The van der Waals surface area contributed by atoms with E-state index in [2.05, 4.69) is 4.98 Å². The monoisotopic (exact) mass is 225 g/mol. The highest BCUT2D eigenvalue weighted by atomic mass is 32.2. The summed E-state index contributed by atoms with van der Waals surface area (Å²) in [6, 6.07) is 2.95. The van der Waals surface area contributed by atoms with Gasteiger partial charge in [0.2, 0.25) is 0 Å². The van der Waals surface area contributed by atoms with Crippen LogP contribution < -0.4 is 0 Å². The van der Waals surface area contributed by atoms with Crippen molar-refractivity contribution in [1.29, 1.82) is 0 Å². The first-order valence-electron chi connectivity index (χ1n) is 4.16. The molecule has 1 aliphatic rings. The molecule has 1 aliphatic carbocycles. The Hall–Kier alpha value is -1.53. The summed E-state index contributed by atoms with van der Waals surface area (Å²) < 4.78 is 30.9. The molecule has 0 unspecified atom stereocenters. The van der Waals surface area contributed by atoms with Crippen LogP contribution in [0.5, 0.6) is 0 Å². The minimum absolute atomic E-state index is 0.0564. The van der Waals surface area contributed by atoms with Crippen molar-refractivity contribution < 1.29 is 17.8 Å². The molecule has 1 aromatic heterocycles. The summed E-state index contributed by atoms with van der Waals surface area (Å²) in [7, 11) is -4.29. The number of nitrogens with zero attached hydrogens (tertiary/aromatic N) is 1. The highest BCUT2D eigenvalue weighted by Gasteiger charge is 2.26. The highest BCUT2D eigenvalue weighted by molar-refractivity contribution is 7.95. The molecule has 5 nitrogen and oxygen atoms in total. The van der Waals surface area contributed by atoms with Crippen molar-refractivity contribution in [2.45, 2.75) is 6.42 Å². The molecule has 0 saturated heterocycles. The lowest BCUT2D eigenvalue weighted by Gasteiger charge is -2.12. The summed E-state index contributed by atoms with van der Waals surface area (Å²) in [5.74, 6) is -0.252. The van der Waals surface area contributed by atoms with Crippen molar-refractivity contribution >= 4 is 20.8 Å². The van der Waals surface area contributed by atoms with Crippen molar-refractivity contribution in [2.75, 3.05) is 0 Å². The highest BCUT2D eigenvalue weighted by Crippen LogP contribution is 2.27. The van der Waals surface area contributed by atoms with E-state index in [1.807, 2.05) is 0 Å². The molecular weight excluding hydrogens is 218 g/mol. The van der Waals surface area contributed by atoms with Crippen LogP contribution >= 0.6 is 0 Å². The average molecular weight is 225 g/mol. The zero-order valence-corrected chi connectivity index (χ0v) is 8.36. The van der Waals surface area contributed by atoms with E-state index >= 15 is 0 Å². The Morgan fingerprint density at radius 1 is 1.40 bits per heavy atom. The van der Waals surface area contributed by atoms with Crippen molar-refractivity contribution in [3.05, 3.63) is 35.7 Å². The summed E-state index contributed by atoms with van der Waals surface area (Å²) in [6.45, 7) is 0. The van der Waals surface area contributed by atoms with Crippen LogP contribution in [0.15, 0.2) is 24.4 Å². The fraction of sp³-hybridized carbons (Fsp3) is 0.111. The fourth-order valence-electron chi connectivity index (χ4n) is 1.46. The minimum atomic E-state index is -4.29. The first kappa shape index (κ1) is 10.0. The molecule has 1 N–H and O–H groups in total. The molecule has 0 bridgehead atoms. The molecule has 0 aliphatic heterocycles. The van der Waals surface area contributed by atoms with Gasteiger partial charge >= 0.3 is 0 Å². The lowest BCUT2D eigenvalue weighted by Crippen LogP contribution is -2.14. The number of carbonyl (C=O) groups excluding carboxylic acids is 1. The summed E-state index contributed by atoms with van der Waals surface area (Å²) in [4.78, 5) is 14.9. The Labute approximate surface area is 86.2 Å². The lowest BCUT2D eigenvalue weighted by molar-refractivity contribution is 0.0989. The topological polar surface area (TPSA) is 84.3 Å². The molecule has 0 fully saturated rings. The van der Waals surface area contributed by atoms with Crippen molar-refractivity contribution in [1.82, 2.24) is 4.98 Å². The van der Waals surface area contributed by atoms with Gasteiger partial charge in [-0.2, -0.15) is 8.42 Å². The summed E-state index contributed by atoms with van der Waals surface area (Å²) in [5.41, 5.74) is 0.254. The molecule has 1 aromatic rings. The van der Waals surface area contributed by atoms with E-state index in [0.717, 1.165) is 0 Å². The predicted octanol–water partition coefficient (Wildman–Crippen LogP) is 0.897. The molecule has 1 heterocycles. The molecule has 0 saturated carbocycles. The van der Waals surface area contributed by atoms with Gasteiger partial charge in [-0.25, -0.2) is 0 Å². The van der Waals surface area contributed by atoms with Crippen molar-refractivity contribution in [2.24, 2.45) is 0 Å². The second-order valence-electron chi connectivity index (χ2n) is 3.07. The zero-order valence-electron chi connectivity index (χ0n) is 7.54. The molecule has 0 aromatic carbocycles. The molecule has 78 valence electrons. The zero-order chi connectivity index (χ0) is 11.1. The molecule has 2 rings (SSSR count). The third-order valence-electron chi connectivity index (χ3n) is 2.09. The number of hydrogen-bond acceptors (Lipinski definition) is 4. The van der Waals surface area contributed by atoms with E-state index in [1.165, 1.54) is 24.4 Å². The standard InChI is InChI=1S/C9H7NO4S/c11-7-3-4-8(15(12,13)14)6-2-1-5-10-9(6)7/h1-2,4-5H,3H2,(H,12,13,14). The number of fused-ring (bicyclic) bond motifs is 1. The lowest BCUT2D eigenvalue weighted by atomic mass is 10.0. The van der Waals surface area contributed by atoms with Gasteiger partial charge in [0.1, 0.15) is 5.69 Å². The maximum Gasteiger partial charge on any atom is 0.294 e. The molecule has 0 atom stereocenters. The van der Waals surface area contributed by atoms with Gasteiger partial charge in [0.25, 0.3) is 10.1 Å². The van der Waals surface area contributed by atoms with Gasteiger partial charge in [0, 0.05) is 18.2 Å². The third-order valence-corrected chi connectivity index (χ3v) is 3.03.